The van der Waals surface area contributed by atoms with Crippen molar-refractivity contribution < 1.29 is 9.90 Å². The molecule has 0 bridgehead atoms. The van der Waals surface area contributed by atoms with Crippen molar-refractivity contribution in [1.29, 1.82) is 0 Å². The van der Waals surface area contributed by atoms with E-state index in [0.29, 0.717) is 25.2 Å². The molecule has 0 aliphatic carbocycles. The van der Waals surface area contributed by atoms with Crippen molar-refractivity contribution in [2.24, 2.45) is 0 Å². The highest BCUT2D eigenvalue weighted by Gasteiger charge is 2.24. The standard InChI is InChI=1S/C14H24N4O2/c1-14(2,3)18-11-12(10-15-18)13(20)17-6-4-16(5-7-17)8-9-19/h10-11,19H,4-9H2,1-3H3. The van der Waals surface area contributed by atoms with Gasteiger partial charge in [0.05, 0.1) is 23.9 Å². The fourth-order valence-corrected chi connectivity index (χ4v) is 2.30. The van der Waals surface area contributed by atoms with E-state index in [0.717, 1.165) is 13.1 Å². The lowest BCUT2D eigenvalue weighted by Crippen LogP contribution is -2.49. The summed E-state index contributed by atoms with van der Waals surface area (Å²) in [6.07, 6.45) is 3.47. The predicted octanol–water partition coefficient (Wildman–Crippen LogP) is 0.388. The number of aromatic nitrogens is 2. The number of aliphatic hydroxyl groups is 1. The molecule has 1 aromatic rings. The average molecular weight is 280 g/mol. The Balaban J connectivity index is 1.97. The molecule has 1 aromatic heterocycles. The van der Waals surface area contributed by atoms with Crippen molar-refractivity contribution in [3.8, 4) is 0 Å². The first-order valence-electron chi connectivity index (χ1n) is 7.09. The Morgan fingerprint density at radius 1 is 1.30 bits per heavy atom. The fraction of sp³-hybridized carbons (Fsp3) is 0.714. The van der Waals surface area contributed by atoms with Crippen LogP contribution < -0.4 is 0 Å². The maximum absolute atomic E-state index is 12.4. The van der Waals surface area contributed by atoms with Crippen LogP contribution in [0.1, 0.15) is 31.1 Å². The molecular weight excluding hydrogens is 256 g/mol. The molecule has 1 saturated heterocycles. The van der Waals surface area contributed by atoms with Crippen molar-refractivity contribution in [3.63, 3.8) is 0 Å². The fourth-order valence-electron chi connectivity index (χ4n) is 2.30. The van der Waals surface area contributed by atoms with E-state index in [4.69, 9.17) is 5.11 Å². The Bertz CT molecular complexity index is 456. The molecule has 2 rings (SSSR count). The molecule has 1 amide bonds. The van der Waals surface area contributed by atoms with Crippen LogP contribution in [-0.2, 0) is 5.54 Å². The Kier molecular flexibility index (Phi) is 4.45. The van der Waals surface area contributed by atoms with Crippen molar-refractivity contribution in [3.05, 3.63) is 18.0 Å². The molecule has 20 heavy (non-hydrogen) atoms. The van der Waals surface area contributed by atoms with Crippen LogP contribution in [0.4, 0.5) is 0 Å². The molecule has 0 unspecified atom stereocenters. The Hall–Kier alpha value is -1.40. The molecular formula is C14H24N4O2. The van der Waals surface area contributed by atoms with E-state index >= 15 is 0 Å². The molecule has 6 heteroatoms. The summed E-state index contributed by atoms with van der Waals surface area (Å²) in [6.45, 7) is 10.1. The van der Waals surface area contributed by atoms with Gasteiger partial charge in [0.2, 0.25) is 0 Å². The second-order valence-corrected chi connectivity index (χ2v) is 6.20. The van der Waals surface area contributed by atoms with Crippen LogP contribution in [0, 0.1) is 0 Å². The molecule has 0 atom stereocenters. The molecule has 112 valence electrons. The normalized spacial score (nSPS) is 17.5. The molecule has 0 aromatic carbocycles. The summed E-state index contributed by atoms with van der Waals surface area (Å²) in [5, 5.41) is 13.2. The molecule has 1 N–H and O–H groups in total. The van der Waals surface area contributed by atoms with Crippen molar-refractivity contribution in [2.75, 3.05) is 39.3 Å². The third-order valence-corrected chi connectivity index (χ3v) is 3.59. The topological polar surface area (TPSA) is 61.6 Å². The molecule has 2 heterocycles. The van der Waals surface area contributed by atoms with Gasteiger partial charge in [-0.05, 0) is 20.8 Å². The predicted molar refractivity (Wildman–Crippen MR) is 76.7 cm³/mol. The number of β-amino-alcohol motifs (C(OH)–C–C–N with tert-alkyl or cyclic N) is 1. The van der Waals surface area contributed by atoms with E-state index in [2.05, 4.69) is 30.8 Å². The minimum atomic E-state index is -0.113. The third kappa shape index (κ3) is 3.37. The van der Waals surface area contributed by atoms with E-state index in [1.165, 1.54) is 0 Å². The van der Waals surface area contributed by atoms with Crippen LogP contribution >= 0.6 is 0 Å². The zero-order valence-corrected chi connectivity index (χ0v) is 12.5. The Morgan fingerprint density at radius 3 is 2.45 bits per heavy atom. The van der Waals surface area contributed by atoms with Crippen LogP contribution in [0.3, 0.4) is 0 Å². The second kappa shape index (κ2) is 5.93. The molecule has 0 saturated carbocycles. The number of rotatable bonds is 3. The van der Waals surface area contributed by atoms with Crippen molar-refractivity contribution >= 4 is 5.91 Å². The number of hydrogen-bond donors (Lipinski definition) is 1. The highest BCUT2D eigenvalue weighted by Crippen LogP contribution is 2.15. The van der Waals surface area contributed by atoms with E-state index in [-0.39, 0.29) is 18.1 Å². The summed E-state index contributed by atoms with van der Waals surface area (Å²) in [7, 11) is 0. The van der Waals surface area contributed by atoms with E-state index in [1.807, 2.05) is 15.8 Å². The molecule has 6 nitrogen and oxygen atoms in total. The first kappa shape index (κ1) is 15.0. The van der Waals surface area contributed by atoms with Gasteiger partial charge in [0.15, 0.2) is 0 Å². The quantitative estimate of drug-likeness (QED) is 0.870. The largest absolute Gasteiger partial charge is 0.395 e. The Morgan fingerprint density at radius 2 is 1.95 bits per heavy atom. The smallest absolute Gasteiger partial charge is 0.257 e. The van der Waals surface area contributed by atoms with Crippen LogP contribution in [-0.4, -0.2) is 69.9 Å². The molecule has 0 spiro atoms. The van der Waals surface area contributed by atoms with Gasteiger partial charge >= 0.3 is 0 Å². The lowest BCUT2D eigenvalue weighted by molar-refractivity contribution is 0.0615. The minimum absolute atomic E-state index is 0.0455. The molecule has 1 fully saturated rings. The minimum Gasteiger partial charge on any atom is -0.395 e. The van der Waals surface area contributed by atoms with Crippen LogP contribution in [0.2, 0.25) is 0 Å². The van der Waals surface area contributed by atoms with Gasteiger partial charge in [-0.25, -0.2) is 0 Å². The van der Waals surface area contributed by atoms with Crippen molar-refractivity contribution in [2.45, 2.75) is 26.3 Å². The van der Waals surface area contributed by atoms with Crippen molar-refractivity contribution in [1.82, 2.24) is 19.6 Å². The van der Waals surface area contributed by atoms with Gasteiger partial charge in [0.25, 0.3) is 5.91 Å². The number of amides is 1. The Labute approximate surface area is 120 Å². The SMILES string of the molecule is CC(C)(C)n1cc(C(=O)N2CCN(CCO)CC2)cn1. The van der Waals surface area contributed by atoms with Gasteiger partial charge < -0.3 is 10.0 Å². The first-order chi connectivity index (χ1) is 9.41. The van der Waals surface area contributed by atoms with E-state index in [1.54, 1.807) is 6.20 Å². The summed E-state index contributed by atoms with van der Waals surface area (Å²) in [6, 6.07) is 0. The molecule has 1 aliphatic rings. The number of carbonyl (C=O) groups is 1. The summed E-state index contributed by atoms with van der Waals surface area (Å²) in [5.41, 5.74) is 0.536. The van der Waals surface area contributed by atoms with Gasteiger partial charge in [-0.3, -0.25) is 14.4 Å². The van der Waals surface area contributed by atoms with Gasteiger partial charge in [0.1, 0.15) is 0 Å². The highest BCUT2D eigenvalue weighted by molar-refractivity contribution is 5.93. The average Bonchev–Trinajstić information content (AvgIpc) is 2.89. The number of carbonyl (C=O) groups excluding carboxylic acids is 1. The monoisotopic (exact) mass is 280 g/mol. The number of hydrogen-bond acceptors (Lipinski definition) is 4. The maximum atomic E-state index is 12.4. The zero-order chi connectivity index (χ0) is 14.8. The van der Waals surface area contributed by atoms with Gasteiger partial charge in [-0.2, -0.15) is 5.10 Å². The van der Waals surface area contributed by atoms with E-state index in [9.17, 15) is 4.79 Å². The van der Waals surface area contributed by atoms with Gasteiger partial charge in [-0.1, -0.05) is 0 Å². The highest BCUT2D eigenvalue weighted by atomic mass is 16.3. The lowest BCUT2D eigenvalue weighted by atomic mass is 10.1. The summed E-state index contributed by atoms with van der Waals surface area (Å²) >= 11 is 0. The summed E-state index contributed by atoms with van der Waals surface area (Å²) < 4.78 is 1.82. The summed E-state index contributed by atoms with van der Waals surface area (Å²) in [4.78, 5) is 16.4. The third-order valence-electron chi connectivity index (χ3n) is 3.59. The summed E-state index contributed by atoms with van der Waals surface area (Å²) in [5.74, 6) is 0.0455. The molecule has 0 radical (unpaired) electrons. The van der Waals surface area contributed by atoms with Crippen LogP contribution in [0.15, 0.2) is 12.4 Å². The van der Waals surface area contributed by atoms with Gasteiger partial charge in [0, 0.05) is 38.9 Å². The maximum Gasteiger partial charge on any atom is 0.257 e. The van der Waals surface area contributed by atoms with Gasteiger partial charge in [-0.15, -0.1) is 0 Å². The lowest BCUT2D eigenvalue weighted by Gasteiger charge is -2.34. The zero-order valence-electron chi connectivity index (χ0n) is 12.5. The van der Waals surface area contributed by atoms with Crippen LogP contribution in [0.25, 0.3) is 0 Å². The number of nitrogens with zero attached hydrogens (tertiary/aromatic N) is 4. The number of aliphatic hydroxyl groups excluding tert-OH is 1. The second-order valence-electron chi connectivity index (χ2n) is 6.20. The first-order valence-corrected chi connectivity index (χ1v) is 7.09. The van der Waals surface area contributed by atoms with Crippen LogP contribution in [0.5, 0.6) is 0 Å². The molecule has 1 aliphatic heterocycles. The van der Waals surface area contributed by atoms with E-state index < -0.39 is 0 Å². The number of piperazine rings is 1.